The Labute approximate surface area is 142 Å². The van der Waals surface area contributed by atoms with Crippen LogP contribution < -0.4 is 4.90 Å². The van der Waals surface area contributed by atoms with Gasteiger partial charge in [-0.25, -0.2) is 9.97 Å². The second-order valence-corrected chi connectivity index (χ2v) is 6.65. The normalized spacial score (nSPS) is 18.5. The highest BCUT2D eigenvalue weighted by molar-refractivity contribution is 5.91. The van der Waals surface area contributed by atoms with E-state index in [1.54, 1.807) is 12.4 Å². The van der Waals surface area contributed by atoms with E-state index in [9.17, 15) is 0 Å². The van der Waals surface area contributed by atoms with E-state index in [-0.39, 0.29) is 0 Å². The molecule has 4 heteroatoms. The third-order valence-corrected chi connectivity index (χ3v) is 4.84. The van der Waals surface area contributed by atoms with Crippen molar-refractivity contribution in [3.8, 4) is 11.4 Å². The minimum Gasteiger partial charge on any atom is -0.356 e. The van der Waals surface area contributed by atoms with Gasteiger partial charge in [-0.3, -0.25) is 4.98 Å². The van der Waals surface area contributed by atoms with Gasteiger partial charge < -0.3 is 4.90 Å². The van der Waals surface area contributed by atoms with Crippen molar-refractivity contribution in [3.05, 3.63) is 48.8 Å². The summed E-state index contributed by atoms with van der Waals surface area (Å²) < 4.78 is 0. The van der Waals surface area contributed by atoms with Gasteiger partial charge in [0.05, 0.1) is 5.52 Å². The van der Waals surface area contributed by atoms with E-state index in [0.717, 1.165) is 47.1 Å². The molecule has 2 aromatic heterocycles. The summed E-state index contributed by atoms with van der Waals surface area (Å²) in [5.74, 6) is 2.65. The average Bonchev–Trinajstić information content (AvgIpc) is 2.86. The van der Waals surface area contributed by atoms with E-state index >= 15 is 0 Å². The Bertz CT molecular complexity index is 831. The van der Waals surface area contributed by atoms with Crippen molar-refractivity contribution in [1.29, 1.82) is 0 Å². The molecule has 1 saturated heterocycles. The van der Waals surface area contributed by atoms with E-state index in [0.29, 0.717) is 0 Å². The Morgan fingerprint density at radius 2 is 1.79 bits per heavy atom. The first-order valence-corrected chi connectivity index (χ1v) is 8.73. The van der Waals surface area contributed by atoms with Gasteiger partial charge in [0, 0.05) is 36.4 Å². The van der Waals surface area contributed by atoms with Crippen molar-refractivity contribution in [2.45, 2.75) is 26.2 Å². The molecule has 4 rings (SSSR count). The molecule has 3 heterocycles. The lowest BCUT2D eigenvalue weighted by molar-refractivity contribution is 0.521. The summed E-state index contributed by atoms with van der Waals surface area (Å²) in [5.41, 5.74) is 2.02. The van der Waals surface area contributed by atoms with Crippen molar-refractivity contribution in [1.82, 2.24) is 15.0 Å². The van der Waals surface area contributed by atoms with E-state index in [2.05, 4.69) is 35.0 Å². The van der Waals surface area contributed by atoms with Crippen LogP contribution in [0.25, 0.3) is 22.3 Å². The minimum absolute atomic E-state index is 0.781. The standard InChI is InChI=1S/C20H22N4/c1-15-5-4-13-24(14-10-15)20-17-6-2-3-7-18(17)22-19(23-20)16-8-11-21-12-9-16/h2-3,6-9,11-12,15H,4-5,10,13-14H2,1H3. The molecule has 0 radical (unpaired) electrons. The van der Waals surface area contributed by atoms with E-state index in [1.165, 1.54) is 19.3 Å². The van der Waals surface area contributed by atoms with Crippen LogP contribution in [0.2, 0.25) is 0 Å². The summed E-state index contributed by atoms with van der Waals surface area (Å²) in [6, 6.07) is 12.3. The second kappa shape index (κ2) is 6.56. The third-order valence-electron chi connectivity index (χ3n) is 4.84. The van der Waals surface area contributed by atoms with Gasteiger partial charge in [-0.2, -0.15) is 0 Å². The number of para-hydroxylation sites is 1. The van der Waals surface area contributed by atoms with Gasteiger partial charge in [0.2, 0.25) is 0 Å². The molecule has 4 nitrogen and oxygen atoms in total. The van der Waals surface area contributed by atoms with Crippen LogP contribution in [0.15, 0.2) is 48.8 Å². The van der Waals surface area contributed by atoms with Crippen LogP contribution in [0, 0.1) is 5.92 Å². The molecule has 3 aromatic rings. The Morgan fingerprint density at radius 3 is 2.67 bits per heavy atom. The summed E-state index contributed by atoms with van der Waals surface area (Å²) in [6.45, 7) is 4.49. The predicted molar refractivity (Wildman–Crippen MR) is 98.0 cm³/mol. The summed E-state index contributed by atoms with van der Waals surface area (Å²) in [5, 5.41) is 1.14. The first-order chi connectivity index (χ1) is 11.8. The average molecular weight is 318 g/mol. The second-order valence-electron chi connectivity index (χ2n) is 6.65. The van der Waals surface area contributed by atoms with Gasteiger partial charge in [-0.05, 0) is 49.4 Å². The minimum atomic E-state index is 0.781. The van der Waals surface area contributed by atoms with Crippen LogP contribution in [0.5, 0.6) is 0 Å². The van der Waals surface area contributed by atoms with Gasteiger partial charge in [0.25, 0.3) is 0 Å². The van der Waals surface area contributed by atoms with Crippen molar-refractivity contribution < 1.29 is 0 Å². The summed E-state index contributed by atoms with van der Waals surface area (Å²) in [7, 11) is 0. The number of anilines is 1. The number of aromatic nitrogens is 3. The Kier molecular flexibility index (Phi) is 4.11. The molecular formula is C20H22N4. The van der Waals surface area contributed by atoms with E-state index in [1.807, 2.05) is 18.2 Å². The Morgan fingerprint density at radius 1 is 0.958 bits per heavy atom. The van der Waals surface area contributed by atoms with Crippen LogP contribution >= 0.6 is 0 Å². The number of hydrogen-bond donors (Lipinski definition) is 0. The van der Waals surface area contributed by atoms with E-state index < -0.39 is 0 Å². The molecule has 24 heavy (non-hydrogen) atoms. The summed E-state index contributed by atoms with van der Waals surface area (Å²) in [6.07, 6.45) is 7.34. The lowest BCUT2D eigenvalue weighted by atomic mass is 10.0. The zero-order valence-corrected chi connectivity index (χ0v) is 14.0. The van der Waals surface area contributed by atoms with Crippen molar-refractivity contribution in [3.63, 3.8) is 0 Å². The molecule has 122 valence electrons. The van der Waals surface area contributed by atoms with Gasteiger partial charge >= 0.3 is 0 Å². The Hall–Kier alpha value is -2.49. The third kappa shape index (κ3) is 2.96. The monoisotopic (exact) mass is 318 g/mol. The SMILES string of the molecule is CC1CCCN(c2nc(-c3ccncc3)nc3ccccc23)CC1. The van der Waals surface area contributed by atoms with Gasteiger partial charge in [-0.1, -0.05) is 19.1 Å². The fraction of sp³-hybridized carbons (Fsp3) is 0.350. The van der Waals surface area contributed by atoms with Crippen molar-refractivity contribution in [2.75, 3.05) is 18.0 Å². The number of hydrogen-bond acceptors (Lipinski definition) is 4. The van der Waals surface area contributed by atoms with Crippen LogP contribution in [0.1, 0.15) is 26.2 Å². The number of benzene rings is 1. The van der Waals surface area contributed by atoms with Gasteiger partial charge in [-0.15, -0.1) is 0 Å². The molecular weight excluding hydrogens is 296 g/mol. The Balaban J connectivity index is 1.83. The molecule has 0 amide bonds. The topological polar surface area (TPSA) is 41.9 Å². The highest BCUT2D eigenvalue weighted by Gasteiger charge is 2.19. The molecule has 1 aliphatic rings. The van der Waals surface area contributed by atoms with Crippen molar-refractivity contribution in [2.24, 2.45) is 5.92 Å². The zero-order valence-electron chi connectivity index (χ0n) is 14.0. The molecule has 0 aliphatic carbocycles. The van der Waals surface area contributed by atoms with Crippen molar-refractivity contribution >= 4 is 16.7 Å². The molecule has 1 atom stereocenters. The molecule has 1 unspecified atom stereocenters. The molecule has 1 aromatic carbocycles. The van der Waals surface area contributed by atoms with Gasteiger partial charge in [0.15, 0.2) is 5.82 Å². The number of nitrogens with zero attached hydrogens (tertiary/aromatic N) is 4. The van der Waals surface area contributed by atoms with Crippen LogP contribution in [-0.4, -0.2) is 28.0 Å². The summed E-state index contributed by atoms with van der Waals surface area (Å²) in [4.78, 5) is 16.3. The fourth-order valence-electron chi connectivity index (χ4n) is 3.41. The zero-order chi connectivity index (χ0) is 16.4. The smallest absolute Gasteiger partial charge is 0.162 e. The first kappa shape index (κ1) is 15.1. The maximum atomic E-state index is 4.95. The highest BCUT2D eigenvalue weighted by Crippen LogP contribution is 2.29. The maximum Gasteiger partial charge on any atom is 0.162 e. The highest BCUT2D eigenvalue weighted by atomic mass is 15.2. The van der Waals surface area contributed by atoms with Crippen LogP contribution in [0.4, 0.5) is 5.82 Å². The maximum absolute atomic E-state index is 4.95. The molecule has 0 N–H and O–H groups in total. The van der Waals surface area contributed by atoms with Gasteiger partial charge in [0.1, 0.15) is 5.82 Å². The molecule has 1 aliphatic heterocycles. The first-order valence-electron chi connectivity index (χ1n) is 8.73. The lowest BCUT2D eigenvalue weighted by Gasteiger charge is -2.23. The quantitative estimate of drug-likeness (QED) is 0.706. The number of rotatable bonds is 2. The van der Waals surface area contributed by atoms with Crippen LogP contribution in [-0.2, 0) is 0 Å². The molecule has 1 fully saturated rings. The summed E-state index contributed by atoms with van der Waals surface area (Å²) >= 11 is 0. The lowest BCUT2D eigenvalue weighted by Crippen LogP contribution is -2.25. The molecule has 0 bridgehead atoms. The number of pyridine rings is 1. The molecule has 0 spiro atoms. The molecule has 0 saturated carbocycles. The number of fused-ring (bicyclic) bond motifs is 1. The van der Waals surface area contributed by atoms with Crippen LogP contribution in [0.3, 0.4) is 0 Å². The largest absolute Gasteiger partial charge is 0.356 e. The predicted octanol–water partition coefficient (Wildman–Crippen LogP) is 4.32. The fourth-order valence-corrected chi connectivity index (χ4v) is 3.41. The van der Waals surface area contributed by atoms with E-state index in [4.69, 9.17) is 9.97 Å².